The SMILES string of the molecule is C=CCN(CC(=O)N(Cc1ccccc1)Cc1cccs1)C(=O)Nc1cccc(CC)c1. The molecule has 5 nitrogen and oxygen atoms in total. The normalized spacial score (nSPS) is 10.4. The molecule has 0 saturated heterocycles. The number of hydrogen-bond acceptors (Lipinski definition) is 3. The Morgan fingerprint density at radius 2 is 1.75 bits per heavy atom. The van der Waals surface area contributed by atoms with E-state index in [4.69, 9.17) is 0 Å². The van der Waals surface area contributed by atoms with Crippen molar-refractivity contribution in [2.24, 2.45) is 0 Å². The number of urea groups is 1. The van der Waals surface area contributed by atoms with Crippen LogP contribution in [0.1, 0.15) is 22.9 Å². The van der Waals surface area contributed by atoms with Crippen LogP contribution in [0.15, 0.2) is 84.8 Å². The molecule has 0 unspecified atom stereocenters. The molecule has 0 atom stereocenters. The van der Waals surface area contributed by atoms with Gasteiger partial charge in [-0.2, -0.15) is 0 Å². The lowest BCUT2D eigenvalue weighted by molar-refractivity contribution is -0.132. The summed E-state index contributed by atoms with van der Waals surface area (Å²) in [4.78, 5) is 30.6. The minimum Gasteiger partial charge on any atom is -0.332 e. The standard InChI is InChI=1S/C26H29N3O2S/c1-3-15-28(26(31)27-23-13-8-12-21(4-2)17-23)20-25(30)29(19-24-14-9-16-32-24)18-22-10-6-5-7-11-22/h3,5-14,16-17H,1,4,15,18-20H2,2H3,(H,27,31). The maximum Gasteiger partial charge on any atom is 0.322 e. The van der Waals surface area contributed by atoms with Crippen molar-refractivity contribution >= 4 is 29.0 Å². The van der Waals surface area contributed by atoms with E-state index in [1.807, 2.05) is 72.1 Å². The summed E-state index contributed by atoms with van der Waals surface area (Å²) in [5, 5.41) is 4.91. The summed E-state index contributed by atoms with van der Waals surface area (Å²) in [7, 11) is 0. The van der Waals surface area contributed by atoms with Crippen LogP contribution < -0.4 is 5.32 Å². The van der Waals surface area contributed by atoms with Crippen LogP contribution in [0.5, 0.6) is 0 Å². The topological polar surface area (TPSA) is 52.7 Å². The Morgan fingerprint density at radius 3 is 2.44 bits per heavy atom. The van der Waals surface area contributed by atoms with E-state index in [2.05, 4.69) is 18.8 Å². The quantitative estimate of drug-likeness (QED) is 0.414. The van der Waals surface area contributed by atoms with E-state index < -0.39 is 0 Å². The zero-order valence-corrected chi connectivity index (χ0v) is 19.2. The first-order valence-electron chi connectivity index (χ1n) is 10.7. The van der Waals surface area contributed by atoms with E-state index >= 15 is 0 Å². The van der Waals surface area contributed by atoms with Gasteiger partial charge in [0.2, 0.25) is 5.91 Å². The maximum atomic E-state index is 13.3. The van der Waals surface area contributed by atoms with Crippen LogP contribution in [0.4, 0.5) is 10.5 Å². The highest BCUT2D eigenvalue weighted by molar-refractivity contribution is 7.09. The van der Waals surface area contributed by atoms with E-state index in [9.17, 15) is 9.59 Å². The highest BCUT2D eigenvalue weighted by Crippen LogP contribution is 2.16. The lowest BCUT2D eigenvalue weighted by Gasteiger charge is -2.27. The number of carbonyl (C=O) groups excluding carboxylic acids is 2. The molecule has 2 aromatic carbocycles. The second kappa shape index (κ2) is 11.9. The largest absolute Gasteiger partial charge is 0.332 e. The molecule has 0 aliphatic rings. The third kappa shape index (κ3) is 6.82. The van der Waals surface area contributed by atoms with Crippen LogP contribution in [0, 0.1) is 0 Å². The highest BCUT2D eigenvalue weighted by atomic mass is 32.1. The number of benzene rings is 2. The fourth-order valence-corrected chi connectivity index (χ4v) is 4.06. The average molecular weight is 448 g/mol. The van der Waals surface area contributed by atoms with Gasteiger partial charge in [-0.1, -0.05) is 61.5 Å². The third-order valence-corrected chi connectivity index (χ3v) is 5.91. The number of thiophene rings is 1. The Kier molecular flexibility index (Phi) is 8.63. The van der Waals surface area contributed by atoms with Gasteiger partial charge in [-0.25, -0.2) is 4.79 Å². The summed E-state index contributed by atoms with van der Waals surface area (Å²) in [5.41, 5.74) is 2.91. The Morgan fingerprint density at radius 1 is 0.969 bits per heavy atom. The minimum atomic E-state index is -0.317. The first-order chi connectivity index (χ1) is 15.6. The van der Waals surface area contributed by atoms with Crippen molar-refractivity contribution < 1.29 is 9.59 Å². The van der Waals surface area contributed by atoms with Gasteiger partial charge in [-0.05, 0) is 41.1 Å². The van der Waals surface area contributed by atoms with Crippen LogP contribution in [0.3, 0.4) is 0 Å². The Hall–Kier alpha value is -3.38. The maximum absolute atomic E-state index is 13.3. The monoisotopic (exact) mass is 447 g/mol. The fraction of sp³-hybridized carbons (Fsp3) is 0.231. The summed E-state index contributed by atoms with van der Waals surface area (Å²) in [6, 6.07) is 21.3. The van der Waals surface area contributed by atoms with Crippen LogP contribution >= 0.6 is 11.3 Å². The molecule has 0 aliphatic carbocycles. The summed E-state index contributed by atoms with van der Waals surface area (Å²) in [6.07, 6.45) is 2.52. The van der Waals surface area contributed by atoms with E-state index in [0.717, 1.165) is 28.1 Å². The van der Waals surface area contributed by atoms with Gasteiger partial charge in [0, 0.05) is 23.7 Å². The molecule has 0 spiro atoms. The van der Waals surface area contributed by atoms with Gasteiger partial charge in [0.05, 0.1) is 6.54 Å². The van der Waals surface area contributed by atoms with Crippen LogP contribution in [0.25, 0.3) is 0 Å². The summed E-state index contributed by atoms with van der Waals surface area (Å²) >= 11 is 1.62. The molecule has 1 aromatic heterocycles. The number of aryl methyl sites for hydroxylation is 1. The van der Waals surface area contributed by atoms with Crippen LogP contribution in [-0.4, -0.2) is 34.8 Å². The number of carbonyl (C=O) groups is 2. The zero-order chi connectivity index (χ0) is 22.8. The van der Waals surface area contributed by atoms with Gasteiger partial charge in [-0.3, -0.25) is 4.79 Å². The van der Waals surface area contributed by atoms with Crippen molar-refractivity contribution in [3.05, 3.63) is 101 Å². The number of amides is 3. The third-order valence-electron chi connectivity index (χ3n) is 5.05. The van der Waals surface area contributed by atoms with Gasteiger partial charge >= 0.3 is 6.03 Å². The Labute approximate surface area is 194 Å². The van der Waals surface area contributed by atoms with Crippen molar-refractivity contribution in [3.8, 4) is 0 Å². The smallest absolute Gasteiger partial charge is 0.322 e. The summed E-state index contributed by atoms with van der Waals surface area (Å²) in [6.45, 7) is 7.07. The molecule has 0 saturated carbocycles. The van der Waals surface area contributed by atoms with Gasteiger partial charge in [0.25, 0.3) is 0 Å². The van der Waals surface area contributed by atoms with E-state index in [-0.39, 0.29) is 25.0 Å². The molecule has 6 heteroatoms. The minimum absolute atomic E-state index is 0.0243. The first kappa shape index (κ1) is 23.3. The number of nitrogens with one attached hydrogen (secondary N) is 1. The first-order valence-corrected chi connectivity index (χ1v) is 11.6. The van der Waals surface area contributed by atoms with Crippen molar-refractivity contribution in [2.75, 3.05) is 18.4 Å². The van der Waals surface area contributed by atoms with E-state index in [1.54, 1.807) is 22.3 Å². The number of nitrogens with zero attached hydrogens (tertiary/aromatic N) is 2. The highest BCUT2D eigenvalue weighted by Gasteiger charge is 2.21. The zero-order valence-electron chi connectivity index (χ0n) is 18.4. The molecule has 0 aliphatic heterocycles. The van der Waals surface area contributed by atoms with Crippen molar-refractivity contribution in [1.29, 1.82) is 0 Å². The van der Waals surface area contributed by atoms with Crippen LogP contribution in [-0.2, 0) is 24.3 Å². The summed E-state index contributed by atoms with van der Waals surface area (Å²) in [5.74, 6) is -0.110. The van der Waals surface area contributed by atoms with Crippen molar-refractivity contribution in [1.82, 2.24) is 9.80 Å². The lowest BCUT2D eigenvalue weighted by Crippen LogP contribution is -2.44. The molecule has 1 heterocycles. The van der Waals surface area contributed by atoms with Gasteiger partial charge in [0.15, 0.2) is 0 Å². The van der Waals surface area contributed by atoms with Crippen LogP contribution in [0.2, 0.25) is 0 Å². The molecular formula is C26H29N3O2S. The van der Waals surface area contributed by atoms with Crippen molar-refractivity contribution in [3.63, 3.8) is 0 Å². The predicted molar refractivity (Wildman–Crippen MR) is 132 cm³/mol. The van der Waals surface area contributed by atoms with E-state index in [1.165, 1.54) is 4.90 Å². The molecule has 1 N–H and O–H groups in total. The molecule has 32 heavy (non-hydrogen) atoms. The second-order valence-electron chi connectivity index (χ2n) is 7.47. The number of hydrogen-bond donors (Lipinski definition) is 1. The molecule has 3 amide bonds. The molecule has 0 bridgehead atoms. The molecule has 3 rings (SSSR count). The van der Waals surface area contributed by atoms with E-state index in [0.29, 0.717) is 13.1 Å². The summed E-state index contributed by atoms with van der Waals surface area (Å²) < 4.78 is 0. The molecule has 166 valence electrons. The predicted octanol–water partition coefficient (Wildman–Crippen LogP) is 5.56. The van der Waals surface area contributed by atoms with Gasteiger partial charge < -0.3 is 15.1 Å². The second-order valence-corrected chi connectivity index (χ2v) is 8.50. The molecule has 3 aromatic rings. The van der Waals surface area contributed by atoms with Gasteiger partial charge in [-0.15, -0.1) is 17.9 Å². The van der Waals surface area contributed by atoms with Gasteiger partial charge in [0.1, 0.15) is 6.54 Å². The Balaban J connectivity index is 1.72. The number of anilines is 1. The van der Waals surface area contributed by atoms with Crippen molar-refractivity contribution in [2.45, 2.75) is 26.4 Å². The lowest BCUT2D eigenvalue weighted by atomic mass is 10.1. The Bertz CT molecular complexity index is 1020. The number of rotatable bonds is 10. The molecule has 0 radical (unpaired) electrons. The molecular weight excluding hydrogens is 418 g/mol. The molecule has 0 fully saturated rings. The fourth-order valence-electron chi connectivity index (χ4n) is 3.34. The average Bonchev–Trinajstić information content (AvgIpc) is 3.32.